The fourth-order valence-electron chi connectivity index (χ4n) is 3.12. The number of aryl methyl sites for hydroxylation is 1. The first-order valence-corrected chi connectivity index (χ1v) is 8.22. The topological polar surface area (TPSA) is 25.8 Å². The van der Waals surface area contributed by atoms with Gasteiger partial charge in [0.2, 0.25) is 0 Å². The summed E-state index contributed by atoms with van der Waals surface area (Å²) in [6.07, 6.45) is 10.6. The predicted octanol–water partition coefficient (Wildman–Crippen LogP) is 4.85. The lowest BCUT2D eigenvalue weighted by atomic mass is 9.80. The van der Waals surface area contributed by atoms with E-state index in [2.05, 4.69) is 18.8 Å². The maximum Gasteiger partial charge on any atom is 0.131 e. The molecule has 3 heteroatoms. The monoisotopic (exact) mass is 280 g/mol. The normalized spacial score (nSPS) is 23.5. The molecule has 1 aliphatic rings. The van der Waals surface area contributed by atoms with Gasteiger partial charge in [-0.05, 0) is 25.2 Å². The van der Waals surface area contributed by atoms with Crippen molar-refractivity contribution >= 4 is 11.6 Å². The van der Waals surface area contributed by atoms with Gasteiger partial charge >= 0.3 is 0 Å². The molecule has 2 atom stereocenters. The van der Waals surface area contributed by atoms with Crippen molar-refractivity contribution in [2.75, 3.05) is 0 Å². The van der Waals surface area contributed by atoms with E-state index in [-0.39, 0.29) is 0 Å². The van der Waals surface area contributed by atoms with Crippen LogP contribution < -0.4 is 0 Å². The van der Waals surface area contributed by atoms with Gasteiger partial charge in [-0.25, -0.2) is 9.97 Å². The molecule has 0 N–H and O–H groups in total. The molecule has 1 heterocycles. The Hall–Kier alpha value is -0.630. The van der Waals surface area contributed by atoms with E-state index in [0.29, 0.717) is 11.8 Å². The first kappa shape index (κ1) is 14.8. The summed E-state index contributed by atoms with van der Waals surface area (Å²) in [6, 6.07) is 0. The lowest BCUT2D eigenvalue weighted by Crippen LogP contribution is -2.17. The van der Waals surface area contributed by atoms with Crippen LogP contribution >= 0.6 is 11.6 Å². The van der Waals surface area contributed by atoms with Crippen LogP contribution in [0.4, 0.5) is 0 Å². The number of halogens is 1. The number of hydrogen-bond donors (Lipinski definition) is 0. The Labute approximate surface area is 122 Å². The highest BCUT2D eigenvalue weighted by Crippen LogP contribution is 2.36. The minimum absolute atomic E-state index is 0.526. The third kappa shape index (κ3) is 3.68. The second kappa shape index (κ2) is 7.23. The molecule has 0 spiro atoms. The summed E-state index contributed by atoms with van der Waals surface area (Å²) >= 11 is 5.97. The summed E-state index contributed by atoms with van der Waals surface area (Å²) in [6.45, 7) is 4.49. The fraction of sp³-hybridized carbons (Fsp3) is 0.750. The van der Waals surface area contributed by atoms with Crippen molar-refractivity contribution in [3.63, 3.8) is 0 Å². The van der Waals surface area contributed by atoms with Crippen LogP contribution in [0.5, 0.6) is 0 Å². The molecule has 1 fully saturated rings. The lowest BCUT2D eigenvalue weighted by Gasteiger charge is -2.27. The first-order chi connectivity index (χ1) is 9.28. The molecule has 1 aromatic rings. The van der Waals surface area contributed by atoms with Gasteiger partial charge in [0.25, 0.3) is 0 Å². The molecule has 2 rings (SSSR count). The quantitative estimate of drug-likeness (QED) is 0.721. The van der Waals surface area contributed by atoms with E-state index in [9.17, 15) is 0 Å². The lowest BCUT2D eigenvalue weighted by molar-refractivity contribution is 0.306. The molecular formula is C16H25ClN2. The number of nitrogens with zero attached hydrogens (tertiary/aromatic N) is 2. The molecule has 1 saturated carbocycles. The molecule has 0 aromatic carbocycles. The van der Waals surface area contributed by atoms with Gasteiger partial charge in [0.15, 0.2) is 0 Å². The SMILES string of the molecule is CCCc1nc(C2CCCC(CC)C2)ncc1CCl. The van der Waals surface area contributed by atoms with Gasteiger partial charge < -0.3 is 0 Å². The van der Waals surface area contributed by atoms with Crippen molar-refractivity contribution in [2.24, 2.45) is 5.92 Å². The van der Waals surface area contributed by atoms with Gasteiger partial charge in [0.1, 0.15) is 5.82 Å². The van der Waals surface area contributed by atoms with Crippen LogP contribution in [0.2, 0.25) is 0 Å². The highest BCUT2D eigenvalue weighted by Gasteiger charge is 2.24. The van der Waals surface area contributed by atoms with Crippen molar-refractivity contribution in [2.45, 2.75) is 70.6 Å². The molecule has 1 aliphatic carbocycles. The second-order valence-electron chi connectivity index (χ2n) is 5.72. The summed E-state index contributed by atoms with van der Waals surface area (Å²) in [5, 5.41) is 0. The summed E-state index contributed by atoms with van der Waals surface area (Å²) in [5.74, 6) is 3.02. The van der Waals surface area contributed by atoms with Crippen LogP contribution in [0.3, 0.4) is 0 Å². The van der Waals surface area contributed by atoms with E-state index < -0.39 is 0 Å². The summed E-state index contributed by atoms with van der Waals surface area (Å²) < 4.78 is 0. The maximum absolute atomic E-state index is 5.97. The van der Waals surface area contributed by atoms with Gasteiger partial charge in [-0.2, -0.15) is 0 Å². The molecule has 106 valence electrons. The summed E-state index contributed by atoms with van der Waals surface area (Å²) in [4.78, 5) is 9.42. The van der Waals surface area contributed by atoms with Gasteiger partial charge in [0.05, 0.1) is 5.88 Å². The smallest absolute Gasteiger partial charge is 0.131 e. The average Bonchev–Trinajstić information content (AvgIpc) is 2.47. The minimum atomic E-state index is 0.526. The van der Waals surface area contributed by atoms with Crippen LogP contribution in [0.15, 0.2) is 6.20 Å². The molecule has 0 amide bonds. The first-order valence-electron chi connectivity index (χ1n) is 7.69. The average molecular weight is 281 g/mol. The largest absolute Gasteiger partial charge is 0.241 e. The zero-order chi connectivity index (χ0) is 13.7. The zero-order valence-electron chi connectivity index (χ0n) is 12.2. The Morgan fingerprint density at radius 2 is 2.16 bits per heavy atom. The van der Waals surface area contributed by atoms with Crippen molar-refractivity contribution in [3.05, 3.63) is 23.3 Å². The molecule has 2 unspecified atom stereocenters. The Morgan fingerprint density at radius 3 is 2.84 bits per heavy atom. The minimum Gasteiger partial charge on any atom is -0.241 e. The molecule has 0 radical (unpaired) electrons. The van der Waals surface area contributed by atoms with E-state index in [4.69, 9.17) is 16.6 Å². The maximum atomic E-state index is 5.97. The molecule has 2 nitrogen and oxygen atoms in total. The molecule has 0 aliphatic heterocycles. The van der Waals surface area contributed by atoms with E-state index in [0.717, 1.165) is 30.1 Å². The van der Waals surface area contributed by atoms with Crippen LogP contribution in [0.25, 0.3) is 0 Å². The van der Waals surface area contributed by atoms with Crippen molar-refractivity contribution in [1.82, 2.24) is 9.97 Å². The van der Waals surface area contributed by atoms with Gasteiger partial charge in [-0.1, -0.05) is 39.5 Å². The van der Waals surface area contributed by atoms with E-state index in [1.807, 2.05) is 6.20 Å². The third-order valence-electron chi connectivity index (χ3n) is 4.33. The Balaban J connectivity index is 2.17. The molecule has 1 aromatic heterocycles. The Kier molecular flexibility index (Phi) is 5.62. The highest BCUT2D eigenvalue weighted by atomic mass is 35.5. The van der Waals surface area contributed by atoms with E-state index >= 15 is 0 Å². The van der Waals surface area contributed by atoms with Crippen LogP contribution in [0, 0.1) is 5.92 Å². The fourth-order valence-corrected chi connectivity index (χ4v) is 3.34. The number of alkyl halides is 1. The predicted molar refractivity (Wildman–Crippen MR) is 80.6 cm³/mol. The van der Waals surface area contributed by atoms with Crippen LogP contribution in [-0.4, -0.2) is 9.97 Å². The van der Waals surface area contributed by atoms with Crippen molar-refractivity contribution in [3.8, 4) is 0 Å². The number of hydrogen-bond acceptors (Lipinski definition) is 2. The van der Waals surface area contributed by atoms with Gasteiger partial charge in [-0.3, -0.25) is 0 Å². The number of aromatic nitrogens is 2. The van der Waals surface area contributed by atoms with Gasteiger partial charge in [0, 0.05) is 23.4 Å². The molecule has 0 bridgehead atoms. The van der Waals surface area contributed by atoms with Crippen LogP contribution in [0.1, 0.15) is 75.4 Å². The molecule has 19 heavy (non-hydrogen) atoms. The van der Waals surface area contributed by atoms with E-state index in [1.54, 1.807) is 0 Å². The van der Waals surface area contributed by atoms with Crippen LogP contribution in [-0.2, 0) is 12.3 Å². The zero-order valence-corrected chi connectivity index (χ0v) is 12.9. The summed E-state index contributed by atoms with van der Waals surface area (Å²) in [7, 11) is 0. The van der Waals surface area contributed by atoms with Crippen molar-refractivity contribution in [1.29, 1.82) is 0 Å². The highest BCUT2D eigenvalue weighted by molar-refractivity contribution is 6.17. The number of rotatable bonds is 5. The second-order valence-corrected chi connectivity index (χ2v) is 5.99. The van der Waals surface area contributed by atoms with Crippen molar-refractivity contribution < 1.29 is 0 Å². The standard InChI is InChI=1S/C16H25ClN2/c1-3-6-15-14(10-17)11-18-16(19-15)13-8-5-7-12(4-2)9-13/h11-13H,3-10H2,1-2H3. The Bertz CT molecular complexity index is 406. The molecular weight excluding hydrogens is 256 g/mol. The summed E-state index contributed by atoms with van der Waals surface area (Å²) in [5.41, 5.74) is 2.27. The third-order valence-corrected chi connectivity index (χ3v) is 4.62. The van der Waals surface area contributed by atoms with E-state index in [1.165, 1.54) is 37.8 Å². The Morgan fingerprint density at radius 1 is 1.32 bits per heavy atom. The molecule has 0 saturated heterocycles. The van der Waals surface area contributed by atoms with Gasteiger partial charge in [-0.15, -0.1) is 11.6 Å².